The fraction of sp³-hybridized carbons (Fsp3) is 0.400. The molecule has 0 spiro atoms. The van der Waals surface area contributed by atoms with Gasteiger partial charge in [-0.15, -0.1) is 0 Å². The van der Waals surface area contributed by atoms with Gasteiger partial charge in [-0.3, -0.25) is 0 Å². The van der Waals surface area contributed by atoms with E-state index in [2.05, 4.69) is 70.7 Å². The summed E-state index contributed by atoms with van der Waals surface area (Å²) in [4.78, 5) is 0. The zero-order valence-corrected chi connectivity index (χ0v) is 13.3. The van der Waals surface area contributed by atoms with Gasteiger partial charge < -0.3 is 0 Å². The maximum atomic E-state index is 2.57. The van der Waals surface area contributed by atoms with Crippen molar-refractivity contribution in [2.45, 2.75) is 32.2 Å². The van der Waals surface area contributed by atoms with Crippen LogP contribution in [0.3, 0.4) is 0 Å². The molecule has 1 saturated heterocycles. The molecule has 1 fully saturated rings. The van der Waals surface area contributed by atoms with Gasteiger partial charge in [-0.05, 0) is 30.4 Å². The zero-order valence-electron chi connectivity index (χ0n) is 13.3. The third-order valence-electron chi connectivity index (χ3n) is 4.44. The van der Waals surface area contributed by atoms with Crippen molar-refractivity contribution in [3.63, 3.8) is 0 Å². The Bertz CT molecular complexity index is 532. The van der Waals surface area contributed by atoms with Crippen LogP contribution in [0.4, 0.5) is 0 Å². The van der Waals surface area contributed by atoms with Gasteiger partial charge in [-0.25, -0.2) is 10.0 Å². The van der Waals surface area contributed by atoms with Crippen LogP contribution in [0.5, 0.6) is 0 Å². The molecule has 2 nitrogen and oxygen atoms in total. The standard InChI is InChI=1S/C20H26N2/c1-4-10-19(11-5-1)14-17-22(21-15-8-3-9-16-21)18-20-12-6-2-7-13-20/h1-2,4-7,10-13H,3,8-9,14-18H2. The predicted molar refractivity (Wildman–Crippen MR) is 92.4 cm³/mol. The van der Waals surface area contributed by atoms with Gasteiger partial charge in [0.1, 0.15) is 0 Å². The molecule has 0 aliphatic carbocycles. The highest BCUT2D eigenvalue weighted by Crippen LogP contribution is 2.15. The van der Waals surface area contributed by atoms with Gasteiger partial charge in [0.25, 0.3) is 0 Å². The predicted octanol–water partition coefficient (Wildman–Crippen LogP) is 4.13. The van der Waals surface area contributed by atoms with Crippen molar-refractivity contribution in [1.82, 2.24) is 10.0 Å². The largest absolute Gasteiger partial charge is 0.241 e. The third-order valence-corrected chi connectivity index (χ3v) is 4.44. The fourth-order valence-electron chi connectivity index (χ4n) is 3.18. The van der Waals surface area contributed by atoms with Crippen molar-refractivity contribution in [2.75, 3.05) is 19.6 Å². The van der Waals surface area contributed by atoms with E-state index < -0.39 is 0 Å². The minimum atomic E-state index is 1.02. The lowest BCUT2D eigenvalue weighted by Crippen LogP contribution is -2.46. The molecule has 0 saturated carbocycles. The normalized spacial score (nSPS) is 16.0. The van der Waals surface area contributed by atoms with Crippen LogP contribution in [0.2, 0.25) is 0 Å². The molecule has 2 aromatic carbocycles. The summed E-state index contributed by atoms with van der Waals surface area (Å²) >= 11 is 0. The molecule has 0 unspecified atom stereocenters. The number of hydrazine groups is 1. The second-order valence-corrected chi connectivity index (χ2v) is 6.12. The number of piperidine rings is 1. The summed E-state index contributed by atoms with van der Waals surface area (Å²) in [6.07, 6.45) is 5.16. The molecule has 22 heavy (non-hydrogen) atoms. The monoisotopic (exact) mass is 294 g/mol. The smallest absolute Gasteiger partial charge is 0.0384 e. The lowest BCUT2D eigenvalue weighted by molar-refractivity contribution is -0.0460. The van der Waals surface area contributed by atoms with Crippen molar-refractivity contribution in [3.05, 3.63) is 71.8 Å². The number of benzene rings is 2. The van der Waals surface area contributed by atoms with Gasteiger partial charge in [0.2, 0.25) is 0 Å². The minimum absolute atomic E-state index is 1.02. The number of hydrogen-bond donors (Lipinski definition) is 0. The van der Waals surface area contributed by atoms with E-state index in [0.717, 1.165) is 19.5 Å². The Labute approximate surface area is 134 Å². The lowest BCUT2D eigenvalue weighted by Gasteiger charge is -2.37. The molecule has 1 heterocycles. The molecule has 0 radical (unpaired) electrons. The quantitative estimate of drug-likeness (QED) is 0.790. The van der Waals surface area contributed by atoms with Crippen LogP contribution in [0.25, 0.3) is 0 Å². The molecule has 0 amide bonds. The first-order valence-corrected chi connectivity index (χ1v) is 8.49. The maximum Gasteiger partial charge on any atom is 0.0384 e. The number of nitrogens with zero attached hydrogens (tertiary/aromatic N) is 2. The van der Waals surface area contributed by atoms with Gasteiger partial charge in [0.05, 0.1) is 0 Å². The molecule has 0 bridgehead atoms. The molecule has 2 aromatic rings. The van der Waals surface area contributed by atoms with Gasteiger partial charge in [-0.2, -0.15) is 0 Å². The molecule has 1 aliphatic heterocycles. The summed E-state index contributed by atoms with van der Waals surface area (Å²) in [5.41, 5.74) is 2.83. The van der Waals surface area contributed by atoms with Gasteiger partial charge in [-0.1, -0.05) is 67.1 Å². The van der Waals surface area contributed by atoms with Crippen LogP contribution in [0, 0.1) is 0 Å². The highest BCUT2D eigenvalue weighted by molar-refractivity contribution is 5.16. The van der Waals surface area contributed by atoms with Crippen LogP contribution in [-0.4, -0.2) is 29.7 Å². The summed E-state index contributed by atoms with van der Waals surface area (Å²) in [5, 5.41) is 5.13. The molecule has 1 aliphatic rings. The van der Waals surface area contributed by atoms with E-state index in [1.807, 2.05) is 0 Å². The topological polar surface area (TPSA) is 6.48 Å². The van der Waals surface area contributed by atoms with Gasteiger partial charge >= 0.3 is 0 Å². The van der Waals surface area contributed by atoms with Crippen LogP contribution in [-0.2, 0) is 13.0 Å². The summed E-state index contributed by atoms with van der Waals surface area (Å²) in [6.45, 7) is 4.54. The Kier molecular flexibility index (Phi) is 5.63. The Hall–Kier alpha value is -1.64. The van der Waals surface area contributed by atoms with E-state index >= 15 is 0 Å². The van der Waals surface area contributed by atoms with E-state index in [9.17, 15) is 0 Å². The van der Waals surface area contributed by atoms with E-state index in [4.69, 9.17) is 0 Å². The highest BCUT2D eigenvalue weighted by atomic mass is 15.6. The third kappa shape index (κ3) is 4.43. The van der Waals surface area contributed by atoms with Crippen molar-refractivity contribution >= 4 is 0 Å². The second-order valence-electron chi connectivity index (χ2n) is 6.12. The molecular weight excluding hydrogens is 268 g/mol. The van der Waals surface area contributed by atoms with Crippen molar-refractivity contribution in [3.8, 4) is 0 Å². The van der Waals surface area contributed by atoms with E-state index in [-0.39, 0.29) is 0 Å². The Morgan fingerprint density at radius 3 is 1.95 bits per heavy atom. The summed E-state index contributed by atoms with van der Waals surface area (Å²) in [7, 11) is 0. The van der Waals surface area contributed by atoms with Gasteiger partial charge in [0, 0.05) is 26.2 Å². The van der Waals surface area contributed by atoms with Crippen LogP contribution in [0.15, 0.2) is 60.7 Å². The first-order valence-electron chi connectivity index (χ1n) is 8.49. The van der Waals surface area contributed by atoms with E-state index in [0.29, 0.717) is 0 Å². The molecule has 0 aromatic heterocycles. The highest BCUT2D eigenvalue weighted by Gasteiger charge is 2.18. The van der Waals surface area contributed by atoms with E-state index in [1.54, 1.807) is 0 Å². The second kappa shape index (κ2) is 8.11. The van der Waals surface area contributed by atoms with Crippen molar-refractivity contribution < 1.29 is 0 Å². The molecule has 116 valence electrons. The molecule has 2 heteroatoms. The number of hydrogen-bond acceptors (Lipinski definition) is 2. The van der Waals surface area contributed by atoms with E-state index in [1.165, 1.54) is 43.5 Å². The summed E-state index contributed by atoms with van der Waals surface area (Å²) < 4.78 is 0. The summed E-state index contributed by atoms with van der Waals surface area (Å²) in [5.74, 6) is 0. The SMILES string of the molecule is c1ccc(CCN(Cc2ccccc2)N2CCCCC2)cc1. The Morgan fingerprint density at radius 1 is 0.727 bits per heavy atom. The molecular formula is C20H26N2. The Morgan fingerprint density at radius 2 is 1.32 bits per heavy atom. The first-order chi connectivity index (χ1) is 10.9. The molecule has 0 atom stereocenters. The lowest BCUT2D eigenvalue weighted by atomic mass is 10.1. The zero-order chi connectivity index (χ0) is 15.0. The average molecular weight is 294 g/mol. The van der Waals surface area contributed by atoms with Crippen molar-refractivity contribution in [1.29, 1.82) is 0 Å². The summed E-state index contributed by atoms with van der Waals surface area (Å²) in [6, 6.07) is 21.7. The first kappa shape index (κ1) is 15.3. The average Bonchev–Trinajstić information content (AvgIpc) is 2.61. The van der Waals surface area contributed by atoms with Crippen molar-refractivity contribution in [2.24, 2.45) is 0 Å². The molecule has 3 rings (SSSR count). The molecule has 0 N–H and O–H groups in total. The van der Waals surface area contributed by atoms with Crippen LogP contribution < -0.4 is 0 Å². The minimum Gasteiger partial charge on any atom is -0.241 e. The number of rotatable bonds is 6. The van der Waals surface area contributed by atoms with Crippen LogP contribution >= 0.6 is 0 Å². The van der Waals surface area contributed by atoms with Crippen LogP contribution in [0.1, 0.15) is 30.4 Å². The van der Waals surface area contributed by atoms with Gasteiger partial charge in [0.15, 0.2) is 0 Å². The Balaban J connectivity index is 1.65. The fourth-order valence-corrected chi connectivity index (χ4v) is 3.18. The maximum absolute atomic E-state index is 2.57.